The second-order valence-corrected chi connectivity index (χ2v) is 10.1. The quantitative estimate of drug-likeness (QED) is 0.275. The number of aromatic nitrogens is 1. The summed E-state index contributed by atoms with van der Waals surface area (Å²) in [6.07, 6.45) is 0. The van der Waals surface area contributed by atoms with Crippen molar-refractivity contribution in [2.24, 2.45) is 0 Å². The molecule has 37 heavy (non-hydrogen) atoms. The largest absolute Gasteiger partial charge is 0.503 e. The van der Waals surface area contributed by atoms with Gasteiger partial charge < -0.3 is 9.84 Å². The molecule has 0 saturated carbocycles. The molecule has 6 nitrogen and oxygen atoms in total. The molecule has 1 unspecified atom stereocenters. The predicted molar refractivity (Wildman–Crippen MR) is 146 cm³/mol. The number of aliphatic hydroxyl groups is 1. The van der Waals surface area contributed by atoms with Crippen molar-refractivity contribution in [1.29, 1.82) is 0 Å². The minimum Gasteiger partial charge on any atom is -0.503 e. The number of hydrogen-bond acceptors (Lipinski definition) is 6. The van der Waals surface area contributed by atoms with Crippen molar-refractivity contribution in [3.8, 4) is 16.3 Å². The molecule has 1 aliphatic heterocycles. The Kier molecular flexibility index (Phi) is 6.58. The summed E-state index contributed by atoms with van der Waals surface area (Å²) in [7, 11) is 1.56. The van der Waals surface area contributed by atoms with Gasteiger partial charge in [-0.3, -0.25) is 14.5 Å². The molecule has 186 valence electrons. The van der Waals surface area contributed by atoms with Crippen LogP contribution in [-0.4, -0.2) is 28.9 Å². The molecule has 8 heteroatoms. The topological polar surface area (TPSA) is 79.7 Å². The number of nitrogens with zero attached hydrogens (tertiary/aromatic N) is 2. The Hall–Kier alpha value is -3.94. The summed E-state index contributed by atoms with van der Waals surface area (Å²) in [5, 5.41) is 12.3. The van der Waals surface area contributed by atoms with Crippen molar-refractivity contribution in [1.82, 2.24) is 4.98 Å². The number of aryl methyl sites for hydroxylation is 2. The van der Waals surface area contributed by atoms with Crippen LogP contribution in [0.1, 0.15) is 32.5 Å². The van der Waals surface area contributed by atoms with Crippen LogP contribution in [0, 0.1) is 13.8 Å². The van der Waals surface area contributed by atoms with E-state index >= 15 is 0 Å². The molecule has 4 aromatic rings. The number of carbonyl (C=O) groups is 2. The van der Waals surface area contributed by atoms with Crippen molar-refractivity contribution in [2.45, 2.75) is 19.9 Å². The molecular formula is C29H23ClN2O4S. The summed E-state index contributed by atoms with van der Waals surface area (Å²) in [5.74, 6) is -1.07. The van der Waals surface area contributed by atoms with Crippen molar-refractivity contribution < 1.29 is 19.4 Å². The third kappa shape index (κ3) is 4.41. The number of aliphatic hydroxyl groups excluding tert-OH is 1. The number of ketones is 1. The third-order valence-electron chi connectivity index (χ3n) is 6.34. The number of carbonyl (C=O) groups excluding carboxylic acids is 2. The van der Waals surface area contributed by atoms with Gasteiger partial charge in [0.05, 0.1) is 29.3 Å². The van der Waals surface area contributed by atoms with Crippen LogP contribution in [0.3, 0.4) is 0 Å². The highest BCUT2D eigenvalue weighted by atomic mass is 35.5. The molecule has 0 aliphatic carbocycles. The summed E-state index contributed by atoms with van der Waals surface area (Å²) >= 11 is 7.62. The summed E-state index contributed by atoms with van der Waals surface area (Å²) in [4.78, 5) is 33.8. The number of rotatable bonds is 6. The molecule has 0 saturated heterocycles. The highest BCUT2D eigenvalue weighted by Crippen LogP contribution is 2.44. The number of anilines is 1. The Balaban J connectivity index is 1.64. The number of hydrogen-bond donors (Lipinski definition) is 1. The lowest BCUT2D eigenvalue weighted by Gasteiger charge is -2.27. The van der Waals surface area contributed by atoms with Crippen LogP contribution in [0.15, 0.2) is 84.1 Å². The fourth-order valence-corrected chi connectivity index (χ4v) is 5.57. The number of Topliss-reactive ketones (excluding diaryl/α,β-unsaturated/α-hetero) is 1. The molecule has 1 aliphatic rings. The van der Waals surface area contributed by atoms with Crippen LogP contribution in [0.25, 0.3) is 10.6 Å². The van der Waals surface area contributed by atoms with Gasteiger partial charge in [-0.05, 0) is 49.2 Å². The van der Waals surface area contributed by atoms with E-state index in [2.05, 4.69) is 4.98 Å². The maximum absolute atomic E-state index is 14.0. The van der Waals surface area contributed by atoms with Crippen molar-refractivity contribution >= 4 is 40.3 Å². The predicted octanol–water partition coefficient (Wildman–Crippen LogP) is 6.87. The van der Waals surface area contributed by atoms with Crippen molar-refractivity contribution in [2.75, 3.05) is 12.0 Å². The number of methoxy groups -OCH3 is 1. The fourth-order valence-electron chi connectivity index (χ4n) is 4.37. The molecule has 0 bridgehead atoms. The third-order valence-corrected chi connectivity index (χ3v) is 7.95. The molecule has 1 amide bonds. The summed E-state index contributed by atoms with van der Waals surface area (Å²) in [6.45, 7) is 3.62. The second kappa shape index (κ2) is 9.84. The monoisotopic (exact) mass is 530 g/mol. The van der Waals surface area contributed by atoms with E-state index < -0.39 is 23.5 Å². The van der Waals surface area contributed by atoms with Gasteiger partial charge in [-0.2, -0.15) is 0 Å². The SMILES string of the molecule is COc1ccc(C2C(C(=O)c3sc(-c4ccccc4)nc3C)=C(O)C(=O)N2c2ccc(C)c(Cl)c2)cc1. The van der Waals surface area contributed by atoms with Gasteiger partial charge in [-0.15, -0.1) is 11.3 Å². The Morgan fingerprint density at radius 3 is 2.41 bits per heavy atom. The van der Waals surface area contributed by atoms with E-state index in [0.29, 0.717) is 37.6 Å². The molecule has 0 spiro atoms. The maximum Gasteiger partial charge on any atom is 0.294 e. The lowest BCUT2D eigenvalue weighted by molar-refractivity contribution is -0.117. The number of benzene rings is 3. The first-order chi connectivity index (χ1) is 17.8. The zero-order valence-electron chi connectivity index (χ0n) is 20.4. The van der Waals surface area contributed by atoms with Gasteiger partial charge in [0.1, 0.15) is 10.8 Å². The summed E-state index contributed by atoms with van der Waals surface area (Å²) in [6, 6.07) is 21.0. The lowest BCUT2D eigenvalue weighted by Crippen LogP contribution is -2.31. The smallest absolute Gasteiger partial charge is 0.294 e. The van der Waals surface area contributed by atoms with Crippen LogP contribution in [0.4, 0.5) is 5.69 Å². The normalized spacial score (nSPS) is 15.4. The number of ether oxygens (including phenoxy) is 1. The van der Waals surface area contributed by atoms with Gasteiger partial charge in [-0.1, -0.05) is 60.1 Å². The Labute approximate surface area is 223 Å². The van der Waals surface area contributed by atoms with Gasteiger partial charge >= 0.3 is 0 Å². The average molecular weight is 531 g/mol. The summed E-state index contributed by atoms with van der Waals surface area (Å²) < 4.78 is 5.29. The molecule has 1 aromatic heterocycles. The Morgan fingerprint density at radius 1 is 1.05 bits per heavy atom. The molecule has 3 aromatic carbocycles. The van der Waals surface area contributed by atoms with Gasteiger partial charge in [0.25, 0.3) is 5.91 Å². The van der Waals surface area contributed by atoms with E-state index in [1.807, 2.05) is 37.3 Å². The van der Waals surface area contributed by atoms with Crippen molar-refractivity contribution in [3.63, 3.8) is 0 Å². The van der Waals surface area contributed by atoms with Gasteiger partial charge in [0.2, 0.25) is 5.78 Å². The van der Waals surface area contributed by atoms with Crippen LogP contribution in [0.5, 0.6) is 5.75 Å². The second-order valence-electron chi connectivity index (χ2n) is 8.68. The van der Waals surface area contributed by atoms with Gasteiger partial charge in [-0.25, -0.2) is 4.98 Å². The van der Waals surface area contributed by atoms with Gasteiger partial charge in [0, 0.05) is 16.3 Å². The van der Waals surface area contributed by atoms with Crippen LogP contribution >= 0.6 is 22.9 Å². The highest BCUT2D eigenvalue weighted by molar-refractivity contribution is 7.17. The maximum atomic E-state index is 14.0. The molecular weight excluding hydrogens is 508 g/mol. The first kappa shape index (κ1) is 24.7. The standard InChI is InChI=1S/C29H23ClN2O4S/c1-16-9-12-20(15-22(16)30)32-24(18-10-13-21(36-3)14-11-18)23(26(34)29(32)35)25(33)27-17(2)31-28(37-27)19-7-5-4-6-8-19/h4-15,24,34H,1-3H3. The molecule has 5 rings (SSSR count). The van der Waals surface area contributed by atoms with E-state index in [9.17, 15) is 14.7 Å². The van der Waals surface area contributed by atoms with Crippen LogP contribution < -0.4 is 9.64 Å². The minimum atomic E-state index is -0.869. The first-order valence-electron chi connectivity index (χ1n) is 11.5. The molecule has 2 heterocycles. The van der Waals surface area contributed by atoms with E-state index in [-0.39, 0.29) is 5.57 Å². The number of thiazole rings is 1. The Bertz CT molecular complexity index is 1540. The molecule has 1 atom stereocenters. The van der Waals surface area contributed by atoms with Crippen molar-refractivity contribution in [3.05, 3.63) is 111 Å². The van der Waals surface area contributed by atoms with Gasteiger partial charge in [0.15, 0.2) is 5.76 Å². The fraction of sp³-hybridized carbons (Fsp3) is 0.138. The van der Waals surface area contributed by atoms with E-state index in [0.717, 1.165) is 11.1 Å². The minimum absolute atomic E-state index is 0.00164. The number of amides is 1. The van der Waals surface area contributed by atoms with E-state index in [1.165, 1.54) is 16.2 Å². The zero-order valence-corrected chi connectivity index (χ0v) is 21.9. The first-order valence-corrected chi connectivity index (χ1v) is 12.7. The zero-order chi connectivity index (χ0) is 26.3. The van der Waals surface area contributed by atoms with Crippen LogP contribution in [0.2, 0.25) is 5.02 Å². The average Bonchev–Trinajstić information content (AvgIpc) is 3.43. The number of halogens is 1. The van der Waals surface area contributed by atoms with E-state index in [1.54, 1.807) is 56.5 Å². The highest BCUT2D eigenvalue weighted by Gasteiger charge is 2.45. The Morgan fingerprint density at radius 2 is 1.76 bits per heavy atom. The van der Waals surface area contributed by atoms with Crippen LogP contribution in [-0.2, 0) is 4.79 Å². The molecule has 0 radical (unpaired) electrons. The lowest BCUT2D eigenvalue weighted by atomic mass is 9.94. The summed E-state index contributed by atoms with van der Waals surface area (Å²) in [5.41, 5.74) is 3.38. The molecule has 0 fully saturated rings. The molecule has 1 N–H and O–H groups in total. The van der Waals surface area contributed by atoms with E-state index in [4.69, 9.17) is 16.3 Å².